The largest absolute Gasteiger partial charge is 0.385 e. The van der Waals surface area contributed by atoms with E-state index >= 15 is 0 Å². The van der Waals surface area contributed by atoms with Crippen molar-refractivity contribution in [1.29, 1.82) is 0 Å². The van der Waals surface area contributed by atoms with Crippen LogP contribution >= 0.6 is 0 Å². The second kappa shape index (κ2) is 5.76. The highest BCUT2D eigenvalue weighted by atomic mass is 16.3. The number of aliphatic hydroxyl groups is 1. The van der Waals surface area contributed by atoms with Crippen LogP contribution in [0.15, 0.2) is 36.7 Å². The van der Waals surface area contributed by atoms with Gasteiger partial charge in [0.25, 0.3) is 0 Å². The Morgan fingerprint density at radius 1 is 1.29 bits per heavy atom. The van der Waals surface area contributed by atoms with Gasteiger partial charge in [-0.1, -0.05) is 44.5 Å². The van der Waals surface area contributed by atoms with Crippen LogP contribution in [-0.4, -0.2) is 10.1 Å². The molecule has 0 bridgehead atoms. The third-order valence-electron chi connectivity index (χ3n) is 4.80. The van der Waals surface area contributed by atoms with Crippen LogP contribution in [-0.2, 0) is 5.60 Å². The van der Waals surface area contributed by atoms with Crippen molar-refractivity contribution in [2.45, 2.75) is 51.6 Å². The molecule has 3 rings (SSSR count). The molecule has 0 aliphatic heterocycles. The smallest absolute Gasteiger partial charge is 0.0920 e. The lowest BCUT2D eigenvalue weighted by Crippen LogP contribution is -2.33. The molecule has 0 radical (unpaired) electrons. The normalized spacial score (nSPS) is 26.4. The van der Waals surface area contributed by atoms with Gasteiger partial charge < -0.3 is 5.11 Å². The summed E-state index contributed by atoms with van der Waals surface area (Å²) < 4.78 is 0. The second-order valence-electron chi connectivity index (χ2n) is 7.03. The number of fused-ring (bicyclic) bond motifs is 1. The Labute approximate surface area is 127 Å². The highest BCUT2D eigenvalue weighted by molar-refractivity contribution is 5.85. The van der Waals surface area contributed by atoms with Crippen molar-refractivity contribution in [1.82, 2.24) is 4.98 Å². The molecule has 0 amide bonds. The first kappa shape index (κ1) is 14.5. The fourth-order valence-corrected chi connectivity index (χ4v) is 3.96. The fourth-order valence-electron chi connectivity index (χ4n) is 3.96. The van der Waals surface area contributed by atoms with Crippen molar-refractivity contribution in [3.8, 4) is 0 Å². The predicted molar refractivity (Wildman–Crippen MR) is 87.1 cm³/mol. The second-order valence-corrected chi connectivity index (χ2v) is 7.03. The van der Waals surface area contributed by atoms with Crippen molar-refractivity contribution in [3.05, 3.63) is 42.2 Å². The molecule has 2 aromatic rings. The lowest BCUT2D eigenvalue weighted by Gasteiger charge is -2.38. The van der Waals surface area contributed by atoms with Crippen LogP contribution in [0.25, 0.3) is 10.8 Å². The van der Waals surface area contributed by atoms with Crippen molar-refractivity contribution in [2.75, 3.05) is 0 Å². The molecule has 1 aromatic heterocycles. The van der Waals surface area contributed by atoms with Crippen molar-refractivity contribution in [2.24, 2.45) is 11.8 Å². The zero-order chi connectivity index (χ0) is 14.9. The molecule has 1 aromatic carbocycles. The van der Waals surface area contributed by atoms with E-state index in [0.29, 0.717) is 11.8 Å². The van der Waals surface area contributed by atoms with Crippen molar-refractivity contribution in [3.63, 3.8) is 0 Å². The van der Waals surface area contributed by atoms with Gasteiger partial charge in [0, 0.05) is 23.3 Å². The molecule has 1 saturated carbocycles. The summed E-state index contributed by atoms with van der Waals surface area (Å²) in [5.41, 5.74) is 0.320. The number of benzene rings is 1. The molecule has 2 unspecified atom stereocenters. The van der Waals surface area contributed by atoms with Gasteiger partial charge in [-0.05, 0) is 42.9 Å². The Balaban J connectivity index is 1.96. The topological polar surface area (TPSA) is 33.1 Å². The van der Waals surface area contributed by atoms with E-state index in [4.69, 9.17) is 0 Å². The molecule has 0 spiro atoms. The summed E-state index contributed by atoms with van der Waals surface area (Å²) in [7, 11) is 0. The van der Waals surface area contributed by atoms with Crippen LogP contribution < -0.4 is 0 Å². The van der Waals surface area contributed by atoms with E-state index in [1.54, 1.807) is 0 Å². The maximum atomic E-state index is 11.3. The van der Waals surface area contributed by atoms with E-state index in [0.717, 1.165) is 35.6 Å². The third kappa shape index (κ3) is 2.96. The summed E-state index contributed by atoms with van der Waals surface area (Å²) in [5.74, 6) is 1.32. The highest BCUT2D eigenvalue weighted by Crippen LogP contribution is 2.43. The van der Waals surface area contributed by atoms with Gasteiger partial charge in [0.1, 0.15) is 0 Å². The summed E-state index contributed by atoms with van der Waals surface area (Å²) in [4.78, 5) is 4.36. The summed E-state index contributed by atoms with van der Waals surface area (Å²) in [6.45, 7) is 4.54. The van der Waals surface area contributed by atoms with Crippen molar-refractivity contribution >= 4 is 10.8 Å². The van der Waals surface area contributed by atoms with Gasteiger partial charge in [-0.25, -0.2) is 0 Å². The maximum absolute atomic E-state index is 11.3. The van der Waals surface area contributed by atoms with Gasteiger partial charge in [-0.2, -0.15) is 0 Å². The molecular weight excluding hydrogens is 258 g/mol. The molecular formula is C19H25NO. The zero-order valence-electron chi connectivity index (χ0n) is 13.0. The first-order chi connectivity index (χ1) is 10.1. The predicted octanol–water partition coefficient (Wildman–Crippen LogP) is 4.66. The van der Waals surface area contributed by atoms with Crippen LogP contribution in [0, 0.1) is 11.8 Å². The summed E-state index contributed by atoms with van der Waals surface area (Å²) >= 11 is 0. The third-order valence-corrected chi connectivity index (χ3v) is 4.80. The van der Waals surface area contributed by atoms with E-state index in [1.807, 2.05) is 24.5 Å². The zero-order valence-corrected chi connectivity index (χ0v) is 13.0. The van der Waals surface area contributed by atoms with Gasteiger partial charge in [0.2, 0.25) is 0 Å². The lowest BCUT2D eigenvalue weighted by molar-refractivity contribution is -0.0234. The number of nitrogens with zero attached hydrogens (tertiary/aromatic N) is 1. The molecule has 112 valence electrons. The molecule has 2 atom stereocenters. The number of hydrogen-bond acceptors (Lipinski definition) is 2. The standard InChI is InChI=1S/C19H25NO/c1-14(2)10-15-6-5-9-19(21,11-15)18-13-20-12-16-7-3-4-8-17(16)18/h3-4,7-8,12-15,21H,5-6,9-11H2,1-2H3. The Hall–Kier alpha value is -1.41. The maximum Gasteiger partial charge on any atom is 0.0920 e. The Morgan fingerprint density at radius 3 is 2.90 bits per heavy atom. The molecule has 1 heterocycles. The van der Waals surface area contributed by atoms with Crippen LogP contribution in [0.4, 0.5) is 0 Å². The van der Waals surface area contributed by atoms with E-state index in [1.165, 1.54) is 12.8 Å². The van der Waals surface area contributed by atoms with Gasteiger partial charge in [-0.3, -0.25) is 4.98 Å². The van der Waals surface area contributed by atoms with Crippen LogP contribution in [0.5, 0.6) is 0 Å². The first-order valence-electron chi connectivity index (χ1n) is 8.14. The van der Waals surface area contributed by atoms with Gasteiger partial charge in [0.05, 0.1) is 5.60 Å². The number of rotatable bonds is 3. The van der Waals surface area contributed by atoms with Crippen LogP contribution in [0.3, 0.4) is 0 Å². The Morgan fingerprint density at radius 2 is 2.10 bits per heavy atom. The highest BCUT2D eigenvalue weighted by Gasteiger charge is 2.37. The van der Waals surface area contributed by atoms with E-state index in [9.17, 15) is 5.11 Å². The SMILES string of the molecule is CC(C)CC1CCCC(O)(c2cncc3ccccc23)C1. The average molecular weight is 283 g/mol. The molecule has 1 aliphatic rings. The molecule has 1 aliphatic carbocycles. The number of pyridine rings is 1. The Kier molecular flexibility index (Phi) is 3.99. The summed E-state index contributed by atoms with van der Waals surface area (Å²) in [6, 6.07) is 8.25. The van der Waals surface area contributed by atoms with E-state index in [-0.39, 0.29) is 0 Å². The molecule has 0 saturated heterocycles. The van der Waals surface area contributed by atoms with E-state index in [2.05, 4.69) is 31.0 Å². The molecule has 1 fully saturated rings. The molecule has 2 heteroatoms. The van der Waals surface area contributed by atoms with Gasteiger partial charge in [0.15, 0.2) is 0 Å². The van der Waals surface area contributed by atoms with Gasteiger partial charge in [-0.15, -0.1) is 0 Å². The lowest BCUT2D eigenvalue weighted by atomic mass is 9.72. The summed E-state index contributed by atoms with van der Waals surface area (Å²) in [5, 5.41) is 13.6. The monoisotopic (exact) mass is 283 g/mol. The average Bonchev–Trinajstić information content (AvgIpc) is 2.46. The quantitative estimate of drug-likeness (QED) is 0.888. The van der Waals surface area contributed by atoms with Crippen LogP contribution in [0.1, 0.15) is 51.5 Å². The van der Waals surface area contributed by atoms with Gasteiger partial charge >= 0.3 is 0 Å². The fraction of sp³-hybridized carbons (Fsp3) is 0.526. The first-order valence-corrected chi connectivity index (χ1v) is 8.14. The minimum Gasteiger partial charge on any atom is -0.385 e. The number of aromatic nitrogens is 1. The van der Waals surface area contributed by atoms with Crippen molar-refractivity contribution < 1.29 is 5.11 Å². The molecule has 21 heavy (non-hydrogen) atoms. The molecule has 1 N–H and O–H groups in total. The minimum absolute atomic E-state index is 0.628. The number of hydrogen-bond donors (Lipinski definition) is 1. The Bertz CT molecular complexity index is 616. The summed E-state index contributed by atoms with van der Waals surface area (Å²) in [6.07, 6.45) is 9.06. The van der Waals surface area contributed by atoms with Crippen LogP contribution in [0.2, 0.25) is 0 Å². The molecule has 2 nitrogen and oxygen atoms in total. The minimum atomic E-state index is -0.703. The van der Waals surface area contributed by atoms with E-state index < -0.39 is 5.60 Å².